The standard InChI is InChI=1S/C24H21F3N6O7S/c1-11-8-13(23(35)40-3)16(9-12(11)22(34)39-2)31-33-21-19(28)17(10-18(20(21)29)41(36,37)38)32-30-15-7-5-4-6-14(15)24(25,26)27/h4-10H,28-29H2,1-3H3,(H,36,37,38)/b32-30+,33-31+. The molecule has 0 aliphatic heterocycles. The smallest absolute Gasteiger partial charge is 0.418 e. The topological polar surface area (TPSA) is 208 Å². The number of carbonyl (C=O) groups excluding carboxylic acids is 2. The first-order chi connectivity index (χ1) is 19.1. The van der Waals surface area contributed by atoms with Crippen LogP contribution in [0.25, 0.3) is 0 Å². The lowest BCUT2D eigenvalue weighted by molar-refractivity contribution is -0.137. The zero-order chi connectivity index (χ0) is 30.7. The third-order valence-electron chi connectivity index (χ3n) is 5.48. The SMILES string of the molecule is COC(=O)c1cc(/N=N/c2c(N)c(/N=N/c3ccccc3C(F)(F)F)cc(S(=O)(=O)O)c2N)c(C(=O)OC)cc1C. The molecule has 3 rings (SSSR count). The highest BCUT2D eigenvalue weighted by molar-refractivity contribution is 7.86. The number of carbonyl (C=O) groups is 2. The van der Waals surface area contributed by atoms with Crippen molar-refractivity contribution in [2.75, 3.05) is 25.7 Å². The van der Waals surface area contributed by atoms with Crippen LogP contribution in [0.1, 0.15) is 31.8 Å². The molecular formula is C24H21F3N6O7S. The van der Waals surface area contributed by atoms with Gasteiger partial charge in [0.15, 0.2) is 0 Å². The van der Waals surface area contributed by atoms with Crippen LogP contribution in [-0.2, 0) is 25.8 Å². The molecule has 216 valence electrons. The van der Waals surface area contributed by atoms with Crippen molar-refractivity contribution in [2.24, 2.45) is 20.5 Å². The summed E-state index contributed by atoms with van der Waals surface area (Å²) >= 11 is 0. The second kappa shape index (κ2) is 11.7. The van der Waals surface area contributed by atoms with Crippen LogP contribution in [0.4, 0.5) is 47.3 Å². The number of hydrogen-bond donors (Lipinski definition) is 3. The Morgan fingerprint density at radius 3 is 1.98 bits per heavy atom. The van der Waals surface area contributed by atoms with Crippen molar-refractivity contribution in [3.8, 4) is 0 Å². The summed E-state index contributed by atoms with van der Waals surface area (Å²) in [5, 5.41) is 14.9. The van der Waals surface area contributed by atoms with Crippen molar-refractivity contribution in [3.63, 3.8) is 0 Å². The highest BCUT2D eigenvalue weighted by Crippen LogP contribution is 2.44. The Morgan fingerprint density at radius 2 is 1.39 bits per heavy atom. The molecule has 0 aliphatic carbocycles. The normalized spacial score (nSPS) is 12.2. The van der Waals surface area contributed by atoms with Gasteiger partial charge in [-0.15, -0.1) is 20.5 Å². The van der Waals surface area contributed by atoms with Crippen LogP contribution in [0.5, 0.6) is 0 Å². The van der Waals surface area contributed by atoms with Crippen LogP contribution >= 0.6 is 0 Å². The number of benzene rings is 3. The van der Waals surface area contributed by atoms with E-state index in [0.29, 0.717) is 11.6 Å². The fraction of sp³-hybridized carbons (Fsp3) is 0.167. The molecule has 0 atom stereocenters. The number of aryl methyl sites for hydroxylation is 1. The Bertz CT molecular complexity index is 1710. The molecule has 0 unspecified atom stereocenters. The minimum absolute atomic E-state index is 0.000414. The molecule has 0 heterocycles. The van der Waals surface area contributed by atoms with Gasteiger partial charge in [-0.05, 0) is 42.8 Å². The van der Waals surface area contributed by atoms with Crippen molar-refractivity contribution in [1.82, 2.24) is 0 Å². The van der Waals surface area contributed by atoms with E-state index in [1.165, 1.54) is 19.1 Å². The fourth-order valence-electron chi connectivity index (χ4n) is 3.46. The van der Waals surface area contributed by atoms with Gasteiger partial charge in [0.2, 0.25) is 0 Å². The van der Waals surface area contributed by atoms with Gasteiger partial charge in [0.1, 0.15) is 22.0 Å². The Hall–Kier alpha value is -4.90. The third-order valence-corrected chi connectivity index (χ3v) is 6.38. The number of halogens is 3. The van der Waals surface area contributed by atoms with Gasteiger partial charge in [0.25, 0.3) is 10.1 Å². The summed E-state index contributed by atoms with van der Waals surface area (Å²) in [7, 11) is -2.83. The Labute approximate surface area is 230 Å². The molecule has 41 heavy (non-hydrogen) atoms. The molecule has 13 nitrogen and oxygen atoms in total. The molecule has 0 amide bonds. The maximum absolute atomic E-state index is 13.3. The van der Waals surface area contributed by atoms with E-state index in [1.807, 2.05) is 0 Å². The number of esters is 2. The van der Waals surface area contributed by atoms with Gasteiger partial charge in [-0.3, -0.25) is 4.55 Å². The molecule has 5 N–H and O–H groups in total. The Kier molecular flexibility index (Phi) is 8.73. The molecule has 0 saturated carbocycles. The Morgan fingerprint density at radius 1 is 0.829 bits per heavy atom. The van der Waals surface area contributed by atoms with Crippen LogP contribution in [0.15, 0.2) is 67.8 Å². The van der Waals surface area contributed by atoms with E-state index in [4.69, 9.17) is 20.9 Å². The van der Waals surface area contributed by atoms with Gasteiger partial charge in [0, 0.05) is 0 Å². The van der Waals surface area contributed by atoms with E-state index in [0.717, 1.165) is 38.5 Å². The summed E-state index contributed by atoms with van der Waals surface area (Å²) < 4.78 is 83.2. The third kappa shape index (κ3) is 6.64. The maximum Gasteiger partial charge on any atom is 0.418 e. The van der Waals surface area contributed by atoms with Gasteiger partial charge in [-0.2, -0.15) is 21.6 Å². The minimum Gasteiger partial charge on any atom is -0.465 e. The van der Waals surface area contributed by atoms with Gasteiger partial charge in [-0.25, -0.2) is 9.59 Å². The van der Waals surface area contributed by atoms with Crippen molar-refractivity contribution in [1.29, 1.82) is 0 Å². The van der Waals surface area contributed by atoms with Crippen LogP contribution < -0.4 is 11.5 Å². The first kappa shape index (κ1) is 30.6. The molecule has 17 heteroatoms. The van der Waals surface area contributed by atoms with Crippen molar-refractivity contribution >= 4 is 56.2 Å². The van der Waals surface area contributed by atoms with Crippen molar-refractivity contribution in [2.45, 2.75) is 18.0 Å². The lowest BCUT2D eigenvalue weighted by Crippen LogP contribution is -2.08. The number of alkyl halides is 3. The predicted molar refractivity (Wildman–Crippen MR) is 139 cm³/mol. The lowest BCUT2D eigenvalue weighted by Gasteiger charge is -2.12. The first-order valence-corrected chi connectivity index (χ1v) is 12.5. The van der Waals surface area contributed by atoms with Crippen molar-refractivity contribution < 1.29 is 45.2 Å². The summed E-state index contributed by atoms with van der Waals surface area (Å²) in [6.07, 6.45) is -4.78. The molecule has 0 bridgehead atoms. The fourth-order valence-corrected chi connectivity index (χ4v) is 4.10. The summed E-state index contributed by atoms with van der Waals surface area (Å²) in [5.74, 6) is -1.64. The monoisotopic (exact) mass is 594 g/mol. The van der Waals surface area contributed by atoms with E-state index in [1.54, 1.807) is 0 Å². The summed E-state index contributed by atoms with van der Waals surface area (Å²) in [6, 6.07) is 7.26. The average molecular weight is 595 g/mol. The summed E-state index contributed by atoms with van der Waals surface area (Å²) in [6.45, 7) is 1.51. The minimum atomic E-state index is -5.04. The molecule has 3 aromatic rings. The van der Waals surface area contributed by atoms with E-state index >= 15 is 0 Å². The number of hydrogen-bond acceptors (Lipinski definition) is 12. The van der Waals surface area contributed by atoms with Crippen LogP contribution in [0, 0.1) is 6.92 Å². The zero-order valence-electron chi connectivity index (χ0n) is 21.4. The maximum atomic E-state index is 13.3. The van der Waals surface area contributed by atoms with E-state index in [2.05, 4.69) is 20.5 Å². The number of methoxy groups -OCH3 is 2. The summed E-state index contributed by atoms with van der Waals surface area (Å²) in [5.41, 5.74) is 7.76. The first-order valence-electron chi connectivity index (χ1n) is 11.1. The van der Waals surface area contributed by atoms with Crippen molar-refractivity contribution in [3.05, 3.63) is 64.7 Å². The van der Waals surface area contributed by atoms with Gasteiger partial charge >= 0.3 is 18.1 Å². The van der Waals surface area contributed by atoms with Crippen LogP contribution in [-0.4, -0.2) is 39.1 Å². The number of nitrogens with two attached hydrogens (primary N) is 2. The quantitative estimate of drug-likeness (QED) is 0.130. The average Bonchev–Trinajstić information content (AvgIpc) is 2.91. The second-order valence-electron chi connectivity index (χ2n) is 8.13. The molecular weight excluding hydrogens is 573 g/mol. The number of nitrogens with zero attached hydrogens (tertiary/aromatic N) is 4. The largest absolute Gasteiger partial charge is 0.465 e. The number of rotatable bonds is 7. The molecule has 0 aromatic heterocycles. The molecule has 0 aliphatic rings. The van der Waals surface area contributed by atoms with Gasteiger partial charge in [-0.1, -0.05) is 12.1 Å². The number of nitrogen functional groups attached to an aromatic ring is 2. The number of anilines is 2. The Balaban J connectivity index is 2.25. The molecule has 0 spiro atoms. The van der Waals surface area contributed by atoms with E-state index in [9.17, 15) is 35.7 Å². The summed E-state index contributed by atoms with van der Waals surface area (Å²) in [4.78, 5) is 23.5. The van der Waals surface area contributed by atoms with Crippen LogP contribution in [0.3, 0.4) is 0 Å². The molecule has 3 aromatic carbocycles. The number of azo groups is 2. The van der Waals surface area contributed by atoms with E-state index < -0.39 is 67.1 Å². The predicted octanol–water partition coefficient (Wildman–Crippen LogP) is 5.83. The highest BCUT2D eigenvalue weighted by atomic mass is 32.2. The number of ether oxygens (including phenoxy) is 2. The zero-order valence-corrected chi connectivity index (χ0v) is 22.2. The molecule has 0 saturated heterocycles. The second-order valence-corrected chi connectivity index (χ2v) is 9.52. The molecule has 0 radical (unpaired) electrons. The lowest BCUT2D eigenvalue weighted by atomic mass is 10.0. The molecule has 0 fully saturated rings. The highest BCUT2D eigenvalue weighted by Gasteiger charge is 2.33. The van der Waals surface area contributed by atoms with Crippen LogP contribution in [0.2, 0.25) is 0 Å². The van der Waals surface area contributed by atoms with Gasteiger partial charge < -0.3 is 20.9 Å². The van der Waals surface area contributed by atoms with E-state index in [-0.39, 0.29) is 16.8 Å². The van der Waals surface area contributed by atoms with Gasteiger partial charge in [0.05, 0.1) is 48.0 Å².